The molecule has 3 heterocycles. The molecule has 0 bridgehead atoms. The molecule has 1 amide bonds. The molecule has 2 aromatic heterocycles. The Kier molecular flexibility index (Phi) is 5.51. The zero-order chi connectivity index (χ0) is 16.1. The van der Waals surface area contributed by atoms with E-state index in [2.05, 4.69) is 14.9 Å². The summed E-state index contributed by atoms with van der Waals surface area (Å²) in [6.07, 6.45) is 4.57. The number of thioether (sulfide) groups is 1. The number of thiazole rings is 1. The van der Waals surface area contributed by atoms with Gasteiger partial charge in [0.05, 0.1) is 10.3 Å². The Bertz CT molecular complexity index is 620. The summed E-state index contributed by atoms with van der Waals surface area (Å²) in [5, 5.41) is 3.83. The van der Waals surface area contributed by atoms with E-state index in [9.17, 15) is 4.79 Å². The van der Waals surface area contributed by atoms with Gasteiger partial charge in [-0.2, -0.15) is 0 Å². The highest BCUT2D eigenvalue weighted by atomic mass is 32.2. The molecule has 3 rings (SSSR count). The fourth-order valence-corrected chi connectivity index (χ4v) is 4.19. The summed E-state index contributed by atoms with van der Waals surface area (Å²) in [5.74, 6) is 0.196. The maximum absolute atomic E-state index is 12.7. The fraction of sp³-hybridized carbons (Fsp3) is 0.438. The number of amides is 1. The molecule has 0 saturated carbocycles. The van der Waals surface area contributed by atoms with Gasteiger partial charge in [0.1, 0.15) is 0 Å². The van der Waals surface area contributed by atoms with Gasteiger partial charge in [0.2, 0.25) is 5.91 Å². The summed E-state index contributed by atoms with van der Waals surface area (Å²) < 4.78 is 0. The minimum atomic E-state index is -0.115. The van der Waals surface area contributed by atoms with Gasteiger partial charge < -0.3 is 9.80 Å². The average Bonchev–Trinajstić information content (AvgIpc) is 3.00. The van der Waals surface area contributed by atoms with E-state index in [1.54, 1.807) is 17.5 Å². The number of rotatable bonds is 4. The van der Waals surface area contributed by atoms with Gasteiger partial charge in [-0.1, -0.05) is 17.8 Å². The Morgan fingerprint density at radius 1 is 1.22 bits per heavy atom. The molecule has 0 unspecified atom stereocenters. The lowest BCUT2D eigenvalue weighted by Crippen LogP contribution is -2.39. The fourth-order valence-electron chi connectivity index (χ4n) is 2.61. The number of carbonyl (C=O) groups is 1. The molecule has 122 valence electrons. The molecule has 23 heavy (non-hydrogen) atoms. The van der Waals surface area contributed by atoms with Crippen molar-refractivity contribution in [1.29, 1.82) is 0 Å². The third-order valence-electron chi connectivity index (χ3n) is 3.78. The molecule has 1 aliphatic rings. The van der Waals surface area contributed by atoms with Crippen LogP contribution in [0.4, 0.5) is 5.13 Å². The Morgan fingerprint density at radius 3 is 2.87 bits per heavy atom. The van der Waals surface area contributed by atoms with E-state index in [-0.39, 0.29) is 11.2 Å². The molecule has 0 aromatic carbocycles. The highest BCUT2D eigenvalue weighted by Gasteiger charge is 2.24. The van der Waals surface area contributed by atoms with Crippen LogP contribution in [0.1, 0.15) is 13.3 Å². The minimum Gasteiger partial charge on any atom is -0.346 e. The SMILES string of the molecule is C[C@H](Sc1ccccn1)C(=O)N1CCCN(c2nccs2)CC1. The molecule has 1 saturated heterocycles. The Balaban J connectivity index is 1.57. The number of carbonyl (C=O) groups excluding carboxylic acids is 1. The minimum absolute atomic E-state index is 0.115. The van der Waals surface area contributed by atoms with Crippen LogP contribution in [0.15, 0.2) is 41.0 Å². The second kappa shape index (κ2) is 7.79. The second-order valence-electron chi connectivity index (χ2n) is 5.41. The van der Waals surface area contributed by atoms with Crippen molar-refractivity contribution >= 4 is 34.1 Å². The van der Waals surface area contributed by atoms with E-state index < -0.39 is 0 Å². The van der Waals surface area contributed by atoms with Crippen molar-refractivity contribution < 1.29 is 4.79 Å². The normalized spacial score (nSPS) is 16.9. The van der Waals surface area contributed by atoms with Crippen molar-refractivity contribution in [2.75, 3.05) is 31.1 Å². The highest BCUT2D eigenvalue weighted by molar-refractivity contribution is 8.00. The van der Waals surface area contributed by atoms with Gasteiger partial charge in [0.25, 0.3) is 0 Å². The van der Waals surface area contributed by atoms with E-state index in [0.717, 1.165) is 42.8 Å². The van der Waals surface area contributed by atoms with Crippen LogP contribution in [0.2, 0.25) is 0 Å². The Morgan fingerprint density at radius 2 is 2.13 bits per heavy atom. The van der Waals surface area contributed by atoms with Gasteiger partial charge in [-0.05, 0) is 25.5 Å². The molecule has 0 radical (unpaired) electrons. The van der Waals surface area contributed by atoms with Gasteiger partial charge in [-0.15, -0.1) is 11.3 Å². The first kappa shape index (κ1) is 16.3. The van der Waals surface area contributed by atoms with Gasteiger partial charge in [-0.25, -0.2) is 9.97 Å². The molecule has 5 nitrogen and oxygen atoms in total. The van der Waals surface area contributed by atoms with E-state index >= 15 is 0 Å². The van der Waals surface area contributed by atoms with Crippen LogP contribution in [0, 0.1) is 0 Å². The molecule has 0 spiro atoms. The number of nitrogens with zero attached hydrogens (tertiary/aromatic N) is 4. The number of hydrogen-bond donors (Lipinski definition) is 0. The molecule has 0 aliphatic carbocycles. The van der Waals surface area contributed by atoms with Gasteiger partial charge in [0, 0.05) is 44.0 Å². The number of hydrogen-bond acceptors (Lipinski definition) is 6. The molecule has 7 heteroatoms. The Hall–Kier alpha value is -1.60. The average molecular weight is 348 g/mol. The zero-order valence-corrected chi connectivity index (χ0v) is 14.7. The van der Waals surface area contributed by atoms with Crippen LogP contribution >= 0.6 is 23.1 Å². The number of anilines is 1. The van der Waals surface area contributed by atoms with E-state index in [1.165, 1.54) is 11.8 Å². The first-order valence-corrected chi connectivity index (χ1v) is 9.51. The highest BCUT2D eigenvalue weighted by Crippen LogP contribution is 2.23. The molecule has 2 aromatic rings. The third-order valence-corrected chi connectivity index (χ3v) is 5.65. The van der Waals surface area contributed by atoms with Gasteiger partial charge >= 0.3 is 0 Å². The molecule has 1 aliphatic heterocycles. The molecule has 1 fully saturated rings. The van der Waals surface area contributed by atoms with Crippen LogP contribution in [0.5, 0.6) is 0 Å². The standard InChI is InChI=1S/C16H20N4OS2/c1-13(23-14-5-2-3-6-17-14)15(21)19-8-4-9-20(11-10-19)16-18-7-12-22-16/h2-3,5-7,12-13H,4,8-11H2,1H3/t13-/m0/s1. The maximum atomic E-state index is 12.7. The predicted molar refractivity (Wildman–Crippen MR) is 95.1 cm³/mol. The molecule has 0 N–H and O–H groups in total. The van der Waals surface area contributed by atoms with Crippen molar-refractivity contribution in [2.24, 2.45) is 0 Å². The van der Waals surface area contributed by atoms with Crippen molar-refractivity contribution in [3.05, 3.63) is 36.0 Å². The second-order valence-corrected chi connectivity index (χ2v) is 7.64. The van der Waals surface area contributed by atoms with Crippen LogP contribution in [-0.4, -0.2) is 52.2 Å². The molecular formula is C16H20N4OS2. The third kappa shape index (κ3) is 4.23. The summed E-state index contributed by atoms with van der Waals surface area (Å²) in [6, 6.07) is 5.78. The summed E-state index contributed by atoms with van der Waals surface area (Å²) in [4.78, 5) is 25.6. The smallest absolute Gasteiger partial charge is 0.235 e. The van der Waals surface area contributed by atoms with Crippen molar-refractivity contribution in [1.82, 2.24) is 14.9 Å². The van der Waals surface area contributed by atoms with Gasteiger partial charge in [-0.3, -0.25) is 4.79 Å². The summed E-state index contributed by atoms with van der Waals surface area (Å²) in [6.45, 7) is 5.34. The summed E-state index contributed by atoms with van der Waals surface area (Å²) in [7, 11) is 0. The number of pyridine rings is 1. The molecular weight excluding hydrogens is 328 g/mol. The van der Waals surface area contributed by atoms with Gasteiger partial charge in [0.15, 0.2) is 5.13 Å². The van der Waals surface area contributed by atoms with Crippen LogP contribution < -0.4 is 4.90 Å². The van der Waals surface area contributed by atoms with Crippen LogP contribution in [-0.2, 0) is 4.79 Å². The summed E-state index contributed by atoms with van der Waals surface area (Å²) in [5.41, 5.74) is 0. The van der Waals surface area contributed by atoms with E-state index in [0.29, 0.717) is 0 Å². The van der Waals surface area contributed by atoms with E-state index in [1.807, 2.05) is 41.6 Å². The zero-order valence-electron chi connectivity index (χ0n) is 13.1. The monoisotopic (exact) mass is 348 g/mol. The lowest BCUT2D eigenvalue weighted by Gasteiger charge is -2.24. The first-order chi connectivity index (χ1) is 11.2. The maximum Gasteiger partial charge on any atom is 0.235 e. The van der Waals surface area contributed by atoms with Crippen LogP contribution in [0.3, 0.4) is 0 Å². The Labute approximate surface area is 144 Å². The summed E-state index contributed by atoms with van der Waals surface area (Å²) >= 11 is 3.18. The largest absolute Gasteiger partial charge is 0.346 e. The number of aromatic nitrogens is 2. The topological polar surface area (TPSA) is 49.3 Å². The van der Waals surface area contributed by atoms with Crippen molar-refractivity contribution in [2.45, 2.75) is 23.6 Å². The van der Waals surface area contributed by atoms with Crippen molar-refractivity contribution in [3.8, 4) is 0 Å². The van der Waals surface area contributed by atoms with Crippen molar-refractivity contribution in [3.63, 3.8) is 0 Å². The van der Waals surface area contributed by atoms with E-state index in [4.69, 9.17) is 0 Å². The quantitative estimate of drug-likeness (QED) is 0.795. The lowest BCUT2D eigenvalue weighted by atomic mass is 10.3. The molecule has 1 atom stereocenters. The first-order valence-electron chi connectivity index (χ1n) is 7.75. The van der Waals surface area contributed by atoms with Crippen LogP contribution in [0.25, 0.3) is 0 Å². The predicted octanol–water partition coefficient (Wildman–Crippen LogP) is 2.76. The lowest BCUT2D eigenvalue weighted by molar-refractivity contribution is -0.130.